The van der Waals surface area contributed by atoms with Gasteiger partial charge < -0.3 is 0 Å². The number of nitro benzene ring substituents is 1. The quantitative estimate of drug-likeness (QED) is 0.611. The van der Waals surface area contributed by atoms with E-state index in [0.29, 0.717) is 0 Å². The number of hydrogen-bond acceptors (Lipinski definition) is 3. The molecule has 0 bridgehead atoms. The SMILES string of the molecule is CC.CC.CCn1cc(-c2ccc([N+](=O)[O-])cc2)cn1. The van der Waals surface area contributed by atoms with Crippen molar-refractivity contribution < 1.29 is 4.92 Å². The van der Waals surface area contributed by atoms with Crippen LogP contribution in [-0.2, 0) is 6.54 Å². The largest absolute Gasteiger partial charge is 0.272 e. The fourth-order valence-electron chi connectivity index (χ4n) is 1.46. The van der Waals surface area contributed by atoms with E-state index in [1.165, 1.54) is 12.1 Å². The van der Waals surface area contributed by atoms with Crippen molar-refractivity contribution in [3.8, 4) is 11.1 Å². The molecule has 0 aliphatic carbocycles. The highest BCUT2D eigenvalue weighted by Crippen LogP contribution is 2.21. The van der Waals surface area contributed by atoms with Gasteiger partial charge in [0.2, 0.25) is 0 Å². The molecule has 0 saturated carbocycles. The standard InChI is InChI=1S/C11H11N3O2.2C2H6/c1-2-13-8-10(7-12-13)9-3-5-11(6-4-9)14(15)16;2*1-2/h3-8H,2H2,1H3;2*1-2H3. The van der Waals surface area contributed by atoms with Gasteiger partial charge in [0, 0.05) is 30.4 Å². The van der Waals surface area contributed by atoms with E-state index in [-0.39, 0.29) is 5.69 Å². The Bertz CT molecular complexity index is 504. The van der Waals surface area contributed by atoms with Crippen LogP contribution >= 0.6 is 0 Å². The number of aryl methyl sites for hydroxylation is 1. The second-order valence-electron chi connectivity index (χ2n) is 3.39. The lowest BCUT2D eigenvalue weighted by atomic mass is 10.1. The van der Waals surface area contributed by atoms with Crippen molar-refractivity contribution in [2.75, 3.05) is 0 Å². The fourth-order valence-corrected chi connectivity index (χ4v) is 1.46. The van der Waals surface area contributed by atoms with Crippen LogP contribution in [0.15, 0.2) is 36.7 Å². The summed E-state index contributed by atoms with van der Waals surface area (Å²) in [7, 11) is 0. The van der Waals surface area contributed by atoms with E-state index in [9.17, 15) is 10.1 Å². The Morgan fingerprint density at radius 2 is 1.65 bits per heavy atom. The Balaban J connectivity index is 0.000000829. The maximum atomic E-state index is 10.5. The number of nitro groups is 1. The molecule has 0 radical (unpaired) electrons. The second kappa shape index (κ2) is 9.72. The number of rotatable bonds is 3. The highest BCUT2D eigenvalue weighted by molar-refractivity contribution is 5.63. The summed E-state index contributed by atoms with van der Waals surface area (Å²) >= 11 is 0. The van der Waals surface area contributed by atoms with Crippen molar-refractivity contribution >= 4 is 5.69 Å². The van der Waals surface area contributed by atoms with E-state index < -0.39 is 4.92 Å². The van der Waals surface area contributed by atoms with Crippen LogP contribution in [0.25, 0.3) is 11.1 Å². The van der Waals surface area contributed by atoms with Gasteiger partial charge in [-0.05, 0) is 24.6 Å². The number of benzene rings is 1. The summed E-state index contributed by atoms with van der Waals surface area (Å²) < 4.78 is 1.82. The van der Waals surface area contributed by atoms with Gasteiger partial charge in [0.25, 0.3) is 5.69 Å². The number of hydrogen-bond donors (Lipinski definition) is 0. The first-order valence-corrected chi connectivity index (χ1v) is 6.98. The predicted octanol–water partition coefficient (Wildman–Crippen LogP) is 4.53. The van der Waals surface area contributed by atoms with Gasteiger partial charge in [-0.1, -0.05) is 27.7 Å². The van der Waals surface area contributed by atoms with Crippen LogP contribution in [0.2, 0.25) is 0 Å². The third-order valence-electron chi connectivity index (χ3n) is 2.37. The van der Waals surface area contributed by atoms with Crippen LogP contribution < -0.4 is 0 Å². The minimum atomic E-state index is -0.404. The van der Waals surface area contributed by atoms with Gasteiger partial charge in [0.15, 0.2) is 0 Å². The summed E-state index contributed by atoms with van der Waals surface area (Å²) in [6.45, 7) is 10.8. The predicted molar refractivity (Wildman–Crippen MR) is 82.7 cm³/mol. The molecule has 0 saturated heterocycles. The van der Waals surface area contributed by atoms with Gasteiger partial charge in [-0.15, -0.1) is 0 Å². The molecule has 0 spiro atoms. The smallest absolute Gasteiger partial charge is 0.269 e. The molecule has 0 aliphatic rings. The van der Waals surface area contributed by atoms with Crippen molar-refractivity contribution in [3.63, 3.8) is 0 Å². The zero-order valence-electron chi connectivity index (χ0n) is 12.8. The number of aromatic nitrogens is 2. The first-order valence-electron chi connectivity index (χ1n) is 6.98. The normalized spacial score (nSPS) is 8.85. The van der Waals surface area contributed by atoms with E-state index in [2.05, 4.69) is 5.10 Å². The van der Waals surface area contributed by atoms with Crippen molar-refractivity contribution in [1.82, 2.24) is 9.78 Å². The van der Waals surface area contributed by atoms with Gasteiger partial charge in [-0.3, -0.25) is 14.8 Å². The van der Waals surface area contributed by atoms with Crippen LogP contribution in [0, 0.1) is 10.1 Å². The molecule has 0 fully saturated rings. The van der Waals surface area contributed by atoms with Crippen molar-refractivity contribution in [3.05, 3.63) is 46.8 Å². The molecule has 1 aromatic heterocycles. The van der Waals surface area contributed by atoms with Crippen molar-refractivity contribution in [2.24, 2.45) is 0 Å². The molecule has 2 rings (SSSR count). The third-order valence-corrected chi connectivity index (χ3v) is 2.37. The molecule has 2 aromatic rings. The third kappa shape index (κ3) is 4.84. The summed E-state index contributed by atoms with van der Waals surface area (Å²) in [6, 6.07) is 6.46. The summed E-state index contributed by atoms with van der Waals surface area (Å²) in [6.07, 6.45) is 3.67. The van der Waals surface area contributed by atoms with Gasteiger partial charge in [0.1, 0.15) is 0 Å². The molecule has 0 N–H and O–H groups in total. The zero-order chi connectivity index (χ0) is 15.5. The van der Waals surface area contributed by atoms with Gasteiger partial charge in [0.05, 0.1) is 11.1 Å². The lowest BCUT2D eigenvalue weighted by Crippen LogP contribution is -1.92. The molecule has 0 amide bonds. The Morgan fingerprint density at radius 1 is 1.10 bits per heavy atom. The zero-order valence-corrected chi connectivity index (χ0v) is 12.8. The molecule has 110 valence electrons. The Morgan fingerprint density at radius 3 is 2.05 bits per heavy atom. The van der Waals surface area contributed by atoms with E-state index in [0.717, 1.165) is 17.7 Å². The van der Waals surface area contributed by atoms with Crippen LogP contribution in [0.5, 0.6) is 0 Å². The molecular weight excluding hydrogens is 254 g/mol. The monoisotopic (exact) mass is 277 g/mol. The summed E-state index contributed by atoms with van der Waals surface area (Å²) in [5.74, 6) is 0. The van der Waals surface area contributed by atoms with E-state index >= 15 is 0 Å². The Hall–Kier alpha value is -2.17. The Kier molecular flexibility index (Phi) is 8.67. The molecule has 0 aliphatic heterocycles. The van der Waals surface area contributed by atoms with Crippen LogP contribution in [0.1, 0.15) is 34.6 Å². The number of nitrogens with zero attached hydrogens (tertiary/aromatic N) is 3. The molecule has 1 heterocycles. The molecule has 0 atom stereocenters. The van der Waals surface area contributed by atoms with Crippen LogP contribution in [-0.4, -0.2) is 14.7 Å². The molecule has 1 aromatic carbocycles. The molecule has 5 heteroatoms. The molecule has 0 unspecified atom stereocenters. The van der Waals surface area contributed by atoms with E-state index in [1.807, 2.05) is 45.5 Å². The van der Waals surface area contributed by atoms with Gasteiger partial charge in [-0.2, -0.15) is 5.10 Å². The summed E-state index contributed by atoms with van der Waals surface area (Å²) in [5, 5.41) is 14.6. The number of non-ortho nitro benzene ring substituents is 1. The maximum Gasteiger partial charge on any atom is 0.269 e. The van der Waals surface area contributed by atoms with Gasteiger partial charge >= 0.3 is 0 Å². The minimum absolute atomic E-state index is 0.103. The molecular formula is C15H23N3O2. The summed E-state index contributed by atoms with van der Waals surface area (Å²) in [5.41, 5.74) is 2.01. The van der Waals surface area contributed by atoms with Gasteiger partial charge in [-0.25, -0.2) is 0 Å². The van der Waals surface area contributed by atoms with Crippen LogP contribution in [0.4, 0.5) is 5.69 Å². The maximum absolute atomic E-state index is 10.5. The lowest BCUT2D eigenvalue weighted by molar-refractivity contribution is -0.384. The summed E-state index contributed by atoms with van der Waals surface area (Å²) in [4.78, 5) is 10.1. The average Bonchev–Trinajstić information content (AvgIpc) is 3.00. The second-order valence-corrected chi connectivity index (χ2v) is 3.39. The van der Waals surface area contributed by atoms with E-state index in [4.69, 9.17) is 0 Å². The van der Waals surface area contributed by atoms with Crippen molar-refractivity contribution in [1.29, 1.82) is 0 Å². The highest BCUT2D eigenvalue weighted by atomic mass is 16.6. The first kappa shape index (κ1) is 17.8. The highest BCUT2D eigenvalue weighted by Gasteiger charge is 2.06. The lowest BCUT2D eigenvalue weighted by Gasteiger charge is -1.96. The van der Waals surface area contributed by atoms with Crippen molar-refractivity contribution in [2.45, 2.75) is 41.2 Å². The Labute approximate surface area is 120 Å². The average molecular weight is 277 g/mol. The topological polar surface area (TPSA) is 61.0 Å². The molecule has 20 heavy (non-hydrogen) atoms. The molecule has 5 nitrogen and oxygen atoms in total. The minimum Gasteiger partial charge on any atom is -0.272 e. The first-order chi connectivity index (χ1) is 9.70. The van der Waals surface area contributed by atoms with E-state index in [1.54, 1.807) is 18.3 Å². The fraction of sp³-hybridized carbons (Fsp3) is 0.400. The van der Waals surface area contributed by atoms with Crippen LogP contribution in [0.3, 0.4) is 0 Å².